The maximum atomic E-state index is 3.75. The third-order valence-electron chi connectivity index (χ3n) is 4.64. The average Bonchev–Trinajstić information content (AvgIpc) is 2.48. The first-order valence-electron chi connectivity index (χ1n) is 8.20. The highest BCUT2D eigenvalue weighted by molar-refractivity contribution is 5.25. The summed E-state index contributed by atoms with van der Waals surface area (Å²) in [4.78, 5) is 2.67. The first kappa shape index (κ1) is 15.5. The molecule has 0 aliphatic carbocycles. The molecule has 0 bridgehead atoms. The molecule has 2 heteroatoms. The van der Waals surface area contributed by atoms with Crippen molar-refractivity contribution in [1.29, 1.82) is 0 Å². The minimum atomic E-state index is 0.0958. The van der Waals surface area contributed by atoms with E-state index in [0.717, 1.165) is 13.1 Å². The van der Waals surface area contributed by atoms with Crippen LogP contribution in [-0.4, -0.2) is 30.6 Å². The fourth-order valence-corrected chi connectivity index (χ4v) is 3.16. The summed E-state index contributed by atoms with van der Waals surface area (Å²) in [6.45, 7) is 10.4. The van der Waals surface area contributed by atoms with Gasteiger partial charge in [-0.05, 0) is 32.4 Å². The molecule has 112 valence electrons. The number of unbranched alkanes of at least 4 members (excludes halogenated alkanes) is 3. The maximum Gasteiger partial charge on any atom is 0.0535 e. The van der Waals surface area contributed by atoms with Gasteiger partial charge in [-0.15, -0.1) is 0 Å². The second-order valence-electron chi connectivity index (χ2n) is 6.46. The van der Waals surface area contributed by atoms with Crippen LogP contribution in [0.2, 0.25) is 0 Å². The van der Waals surface area contributed by atoms with Gasteiger partial charge in [0.25, 0.3) is 0 Å². The first-order chi connectivity index (χ1) is 9.65. The van der Waals surface area contributed by atoms with Gasteiger partial charge in [0.15, 0.2) is 0 Å². The van der Waals surface area contributed by atoms with E-state index < -0.39 is 0 Å². The Kier molecular flexibility index (Phi) is 5.62. The molecular formula is C18H30N2. The number of piperazine rings is 1. The zero-order chi connectivity index (χ0) is 14.4. The van der Waals surface area contributed by atoms with Crippen LogP contribution >= 0.6 is 0 Å². The zero-order valence-electron chi connectivity index (χ0n) is 13.4. The molecule has 2 unspecified atom stereocenters. The molecule has 1 N–H and O–H groups in total. The number of hydrogen-bond acceptors (Lipinski definition) is 2. The standard InChI is InChI=1S/C18H30N2/c1-4-5-6-10-13-20-15-18(3,19-14-16(20)2)17-11-8-7-9-12-17/h7-9,11-12,16,19H,4-6,10,13-15H2,1-3H3. The van der Waals surface area contributed by atoms with Gasteiger partial charge in [-0.2, -0.15) is 0 Å². The van der Waals surface area contributed by atoms with Crippen LogP contribution < -0.4 is 5.32 Å². The molecule has 2 atom stereocenters. The molecule has 0 radical (unpaired) electrons. The van der Waals surface area contributed by atoms with Crippen LogP contribution in [0.3, 0.4) is 0 Å². The lowest BCUT2D eigenvalue weighted by Crippen LogP contribution is -2.60. The summed E-state index contributed by atoms with van der Waals surface area (Å²) in [7, 11) is 0. The molecule has 0 saturated carbocycles. The summed E-state index contributed by atoms with van der Waals surface area (Å²) in [5, 5.41) is 3.75. The van der Waals surface area contributed by atoms with Gasteiger partial charge in [-0.1, -0.05) is 56.5 Å². The largest absolute Gasteiger partial charge is 0.305 e. The summed E-state index contributed by atoms with van der Waals surface area (Å²) in [5.41, 5.74) is 1.50. The van der Waals surface area contributed by atoms with Crippen molar-refractivity contribution in [2.45, 2.75) is 58.0 Å². The predicted molar refractivity (Wildman–Crippen MR) is 87.0 cm³/mol. The van der Waals surface area contributed by atoms with Gasteiger partial charge in [0.2, 0.25) is 0 Å². The van der Waals surface area contributed by atoms with Crippen molar-refractivity contribution < 1.29 is 0 Å². The van der Waals surface area contributed by atoms with Crippen LogP contribution in [0, 0.1) is 0 Å². The Balaban J connectivity index is 1.96. The van der Waals surface area contributed by atoms with E-state index in [1.807, 2.05) is 0 Å². The number of hydrogen-bond donors (Lipinski definition) is 1. The number of benzene rings is 1. The second-order valence-corrected chi connectivity index (χ2v) is 6.46. The van der Waals surface area contributed by atoms with E-state index in [1.54, 1.807) is 0 Å². The van der Waals surface area contributed by atoms with Crippen LogP contribution in [0.1, 0.15) is 52.0 Å². The van der Waals surface area contributed by atoms with Crippen LogP contribution in [0.5, 0.6) is 0 Å². The third kappa shape index (κ3) is 3.83. The van der Waals surface area contributed by atoms with E-state index in [9.17, 15) is 0 Å². The van der Waals surface area contributed by atoms with Gasteiger partial charge in [0.05, 0.1) is 5.54 Å². The Hall–Kier alpha value is -0.860. The molecule has 0 amide bonds. The second kappa shape index (κ2) is 7.24. The quantitative estimate of drug-likeness (QED) is 0.794. The van der Waals surface area contributed by atoms with Gasteiger partial charge in [0.1, 0.15) is 0 Å². The monoisotopic (exact) mass is 274 g/mol. The van der Waals surface area contributed by atoms with Gasteiger partial charge >= 0.3 is 0 Å². The van der Waals surface area contributed by atoms with E-state index in [0.29, 0.717) is 6.04 Å². The minimum absolute atomic E-state index is 0.0958. The first-order valence-corrected chi connectivity index (χ1v) is 8.20. The summed E-state index contributed by atoms with van der Waals surface area (Å²) >= 11 is 0. The minimum Gasteiger partial charge on any atom is -0.305 e. The Morgan fingerprint density at radius 1 is 1.20 bits per heavy atom. The molecule has 1 aromatic rings. The molecule has 1 aliphatic rings. The summed E-state index contributed by atoms with van der Waals surface area (Å²) < 4.78 is 0. The molecule has 0 spiro atoms. The van der Waals surface area contributed by atoms with Crippen LogP contribution in [0.25, 0.3) is 0 Å². The lowest BCUT2D eigenvalue weighted by Gasteiger charge is -2.45. The van der Waals surface area contributed by atoms with E-state index in [4.69, 9.17) is 0 Å². The van der Waals surface area contributed by atoms with Gasteiger partial charge in [0, 0.05) is 19.1 Å². The molecular weight excluding hydrogens is 244 g/mol. The Bertz CT molecular complexity index is 390. The van der Waals surface area contributed by atoms with Crippen molar-refractivity contribution in [2.75, 3.05) is 19.6 Å². The molecule has 2 nitrogen and oxygen atoms in total. The molecule has 1 aliphatic heterocycles. The fourth-order valence-electron chi connectivity index (χ4n) is 3.16. The highest BCUT2D eigenvalue weighted by Gasteiger charge is 2.34. The Labute approximate surface area is 124 Å². The van der Waals surface area contributed by atoms with Crippen molar-refractivity contribution >= 4 is 0 Å². The predicted octanol–water partition coefficient (Wildman–Crippen LogP) is 3.78. The van der Waals surface area contributed by atoms with Crippen LogP contribution in [-0.2, 0) is 5.54 Å². The fraction of sp³-hybridized carbons (Fsp3) is 0.667. The normalized spacial score (nSPS) is 27.6. The molecule has 20 heavy (non-hydrogen) atoms. The van der Waals surface area contributed by atoms with Gasteiger partial charge in [-0.25, -0.2) is 0 Å². The van der Waals surface area contributed by atoms with Crippen molar-refractivity contribution in [3.8, 4) is 0 Å². The highest BCUT2D eigenvalue weighted by Crippen LogP contribution is 2.26. The highest BCUT2D eigenvalue weighted by atomic mass is 15.2. The molecule has 1 fully saturated rings. The number of rotatable bonds is 6. The van der Waals surface area contributed by atoms with E-state index in [1.165, 1.54) is 37.8 Å². The van der Waals surface area contributed by atoms with Crippen molar-refractivity contribution in [1.82, 2.24) is 10.2 Å². The van der Waals surface area contributed by atoms with Gasteiger partial charge in [-0.3, -0.25) is 4.90 Å². The zero-order valence-corrected chi connectivity index (χ0v) is 13.4. The van der Waals surface area contributed by atoms with E-state index >= 15 is 0 Å². The van der Waals surface area contributed by atoms with Crippen molar-refractivity contribution in [3.05, 3.63) is 35.9 Å². The Morgan fingerprint density at radius 3 is 2.65 bits per heavy atom. The van der Waals surface area contributed by atoms with E-state index in [-0.39, 0.29) is 5.54 Å². The van der Waals surface area contributed by atoms with Crippen LogP contribution in [0.15, 0.2) is 30.3 Å². The summed E-state index contributed by atoms with van der Waals surface area (Å²) in [5.74, 6) is 0. The third-order valence-corrected chi connectivity index (χ3v) is 4.64. The molecule has 1 aromatic carbocycles. The topological polar surface area (TPSA) is 15.3 Å². The Morgan fingerprint density at radius 2 is 1.95 bits per heavy atom. The molecule has 0 aromatic heterocycles. The lowest BCUT2D eigenvalue weighted by atomic mass is 9.88. The molecule has 1 saturated heterocycles. The van der Waals surface area contributed by atoms with Gasteiger partial charge < -0.3 is 5.32 Å². The summed E-state index contributed by atoms with van der Waals surface area (Å²) in [6.07, 6.45) is 5.40. The maximum absolute atomic E-state index is 3.75. The smallest absolute Gasteiger partial charge is 0.0535 e. The number of nitrogens with one attached hydrogen (secondary N) is 1. The summed E-state index contributed by atoms with van der Waals surface area (Å²) in [6, 6.07) is 11.5. The average molecular weight is 274 g/mol. The molecule has 1 heterocycles. The van der Waals surface area contributed by atoms with E-state index in [2.05, 4.69) is 61.3 Å². The SMILES string of the molecule is CCCCCCN1CC(C)(c2ccccc2)NCC1C. The lowest BCUT2D eigenvalue weighted by molar-refractivity contribution is 0.0927. The van der Waals surface area contributed by atoms with Crippen molar-refractivity contribution in [2.24, 2.45) is 0 Å². The molecule has 2 rings (SSSR count). The van der Waals surface area contributed by atoms with Crippen LogP contribution in [0.4, 0.5) is 0 Å². The number of nitrogens with zero attached hydrogens (tertiary/aromatic N) is 1. The van der Waals surface area contributed by atoms with Crippen molar-refractivity contribution in [3.63, 3.8) is 0 Å².